The summed E-state index contributed by atoms with van der Waals surface area (Å²) in [7, 11) is 0. The fraction of sp³-hybridized carbons (Fsp3) is 0.0476. The lowest BCUT2D eigenvalue weighted by atomic mass is 10.00. The highest BCUT2D eigenvalue weighted by molar-refractivity contribution is 6.34. The molecule has 1 heterocycles. The Hall–Kier alpha value is -3.05. The molecule has 0 fully saturated rings. The molecule has 27 heavy (non-hydrogen) atoms. The third-order valence-electron chi connectivity index (χ3n) is 4.33. The molecule has 6 heteroatoms. The monoisotopic (exact) mass is 383 g/mol. The van der Waals surface area contributed by atoms with Gasteiger partial charge in [-0.15, -0.1) is 0 Å². The van der Waals surface area contributed by atoms with Gasteiger partial charge in [-0.25, -0.2) is 18.6 Å². The molecule has 0 saturated heterocycles. The molecular weight excluding hydrogens is 372 g/mol. The van der Waals surface area contributed by atoms with Crippen LogP contribution in [0, 0.1) is 18.6 Å². The summed E-state index contributed by atoms with van der Waals surface area (Å²) < 4.78 is 31.9. The van der Waals surface area contributed by atoms with E-state index in [-0.39, 0.29) is 22.2 Å². The number of aliphatic imine (C=N–C) groups is 1. The van der Waals surface area contributed by atoms with Crippen LogP contribution in [0.4, 0.5) is 8.78 Å². The van der Waals surface area contributed by atoms with Gasteiger partial charge in [0, 0.05) is 0 Å². The third kappa shape index (κ3) is 3.11. The molecule has 0 aliphatic carbocycles. The Bertz CT molecular complexity index is 1170. The molecule has 0 aromatic heterocycles. The molecule has 0 bridgehead atoms. The fourth-order valence-corrected chi connectivity index (χ4v) is 3.19. The van der Waals surface area contributed by atoms with Crippen molar-refractivity contribution in [2.24, 2.45) is 4.99 Å². The van der Waals surface area contributed by atoms with Gasteiger partial charge in [0.15, 0.2) is 17.3 Å². The van der Waals surface area contributed by atoms with E-state index in [1.807, 2.05) is 43.3 Å². The number of rotatable bonds is 2. The number of ether oxygens (including phenoxy) is 1. The average Bonchev–Trinajstić information content (AvgIpc) is 3.01. The molecule has 3 nitrogen and oxygen atoms in total. The van der Waals surface area contributed by atoms with E-state index in [2.05, 4.69) is 4.99 Å². The zero-order valence-electron chi connectivity index (χ0n) is 14.1. The normalized spacial score (nSPS) is 15.3. The summed E-state index contributed by atoms with van der Waals surface area (Å²) in [6.07, 6.45) is 1.60. The summed E-state index contributed by atoms with van der Waals surface area (Å²) in [6.45, 7) is 2.00. The van der Waals surface area contributed by atoms with Crippen LogP contribution in [0.5, 0.6) is 0 Å². The summed E-state index contributed by atoms with van der Waals surface area (Å²) in [5, 5.41) is 1.93. The quantitative estimate of drug-likeness (QED) is 0.336. The minimum atomic E-state index is -1.10. The molecule has 0 saturated carbocycles. The van der Waals surface area contributed by atoms with Crippen molar-refractivity contribution in [1.82, 2.24) is 0 Å². The summed E-state index contributed by atoms with van der Waals surface area (Å²) in [6, 6.07) is 13.3. The summed E-state index contributed by atoms with van der Waals surface area (Å²) in [4.78, 5) is 16.3. The number of carbonyl (C=O) groups is 1. The maximum absolute atomic E-state index is 13.5. The average molecular weight is 384 g/mol. The second-order valence-electron chi connectivity index (χ2n) is 6.10. The van der Waals surface area contributed by atoms with Crippen LogP contribution < -0.4 is 0 Å². The zero-order chi connectivity index (χ0) is 19.1. The summed E-state index contributed by atoms with van der Waals surface area (Å²) in [5.74, 6) is -3.03. The lowest BCUT2D eigenvalue weighted by Crippen LogP contribution is -2.07. The van der Waals surface area contributed by atoms with Gasteiger partial charge >= 0.3 is 5.97 Å². The topological polar surface area (TPSA) is 38.7 Å². The number of hydrogen-bond donors (Lipinski definition) is 0. The van der Waals surface area contributed by atoms with E-state index in [9.17, 15) is 13.6 Å². The van der Waals surface area contributed by atoms with E-state index in [1.54, 1.807) is 6.08 Å². The Morgan fingerprint density at radius 3 is 2.52 bits per heavy atom. The molecule has 134 valence electrons. The van der Waals surface area contributed by atoms with Crippen LogP contribution in [0.2, 0.25) is 5.02 Å². The van der Waals surface area contributed by atoms with Crippen molar-refractivity contribution in [2.75, 3.05) is 0 Å². The van der Waals surface area contributed by atoms with Crippen LogP contribution in [0.15, 0.2) is 59.2 Å². The molecule has 0 spiro atoms. The molecule has 3 aromatic rings. The molecule has 0 amide bonds. The first-order valence-electron chi connectivity index (χ1n) is 8.10. The maximum atomic E-state index is 13.5. The Kier molecular flexibility index (Phi) is 4.24. The summed E-state index contributed by atoms with van der Waals surface area (Å²) in [5.41, 5.74) is 1.98. The first kappa shape index (κ1) is 17.4. The summed E-state index contributed by atoms with van der Waals surface area (Å²) >= 11 is 5.93. The predicted octanol–water partition coefficient (Wildman–Crippen LogP) is 5.42. The smallest absolute Gasteiger partial charge is 0.363 e. The lowest BCUT2D eigenvalue weighted by molar-refractivity contribution is -0.129. The number of benzene rings is 3. The SMILES string of the molecule is Cc1ccc(/C=C2\N=C(c3cc(F)c(F)cc3Cl)OC2=O)c2ccccc12. The Labute approximate surface area is 158 Å². The Morgan fingerprint density at radius 1 is 1.04 bits per heavy atom. The number of carbonyl (C=O) groups excluding carboxylic acids is 1. The Balaban J connectivity index is 1.81. The van der Waals surface area contributed by atoms with Gasteiger partial charge in [0.05, 0.1) is 10.6 Å². The van der Waals surface area contributed by atoms with Crippen molar-refractivity contribution in [3.8, 4) is 0 Å². The van der Waals surface area contributed by atoms with Crippen molar-refractivity contribution >= 4 is 40.3 Å². The highest BCUT2D eigenvalue weighted by Gasteiger charge is 2.27. The second-order valence-corrected chi connectivity index (χ2v) is 6.51. The zero-order valence-corrected chi connectivity index (χ0v) is 14.8. The van der Waals surface area contributed by atoms with Gasteiger partial charge in [0.25, 0.3) is 0 Å². The highest BCUT2D eigenvalue weighted by atomic mass is 35.5. The van der Waals surface area contributed by atoms with Crippen molar-refractivity contribution in [2.45, 2.75) is 6.92 Å². The van der Waals surface area contributed by atoms with Crippen molar-refractivity contribution in [1.29, 1.82) is 0 Å². The van der Waals surface area contributed by atoms with Gasteiger partial charge in [-0.2, -0.15) is 0 Å². The number of hydrogen-bond acceptors (Lipinski definition) is 3. The third-order valence-corrected chi connectivity index (χ3v) is 4.64. The van der Waals surface area contributed by atoms with Gasteiger partial charge < -0.3 is 4.74 Å². The number of aryl methyl sites for hydroxylation is 1. The fourth-order valence-electron chi connectivity index (χ4n) is 2.96. The first-order valence-corrected chi connectivity index (χ1v) is 8.47. The van der Waals surface area contributed by atoms with Gasteiger partial charge in [-0.3, -0.25) is 0 Å². The van der Waals surface area contributed by atoms with Crippen LogP contribution in [0.1, 0.15) is 16.7 Å². The van der Waals surface area contributed by atoms with Gasteiger partial charge in [0.2, 0.25) is 5.90 Å². The number of esters is 1. The molecular formula is C21H12ClF2NO2. The van der Waals surface area contributed by atoms with E-state index < -0.39 is 17.6 Å². The number of fused-ring (bicyclic) bond motifs is 1. The molecule has 1 aliphatic rings. The number of cyclic esters (lactones) is 1. The predicted molar refractivity (Wildman–Crippen MR) is 101 cm³/mol. The van der Waals surface area contributed by atoms with Crippen molar-refractivity contribution in [3.05, 3.63) is 87.6 Å². The lowest BCUT2D eigenvalue weighted by Gasteiger charge is -2.05. The Morgan fingerprint density at radius 2 is 1.74 bits per heavy atom. The number of halogens is 3. The van der Waals surface area contributed by atoms with Gasteiger partial charge in [-0.1, -0.05) is 48.0 Å². The van der Waals surface area contributed by atoms with Crippen LogP contribution in [-0.4, -0.2) is 11.9 Å². The maximum Gasteiger partial charge on any atom is 0.363 e. The van der Waals surface area contributed by atoms with Crippen LogP contribution in [0.25, 0.3) is 16.8 Å². The second kappa shape index (κ2) is 6.59. The van der Waals surface area contributed by atoms with E-state index in [4.69, 9.17) is 16.3 Å². The molecule has 4 rings (SSSR count). The van der Waals surface area contributed by atoms with E-state index in [0.717, 1.165) is 34.0 Å². The molecule has 0 N–H and O–H groups in total. The van der Waals surface area contributed by atoms with E-state index >= 15 is 0 Å². The first-order chi connectivity index (χ1) is 12.9. The minimum absolute atomic E-state index is 0.0149. The molecule has 0 radical (unpaired) electrons. The molecule has 3 aromatic carbocycles. The minimum Gasteiger partial charge on any atom is -0.402 e. The van der Waals surface area contributed by atoms with Crippen molar-refractivity contribution in [3.63, 3.8) is 0 Å². The van der Waals surface area contributed by atoms with Crippen LogP contribution >= 0.6 is 11.6 Å². The van der Waals surface area contributed by atoms with Gasteiger partial charge in [0.1, 0.15) is 0 Å². The largest absolute Gasteiger partial charge is 0.402 e. The van der Waals surface area contributed by atoms with Crippen molar-refractivity contribution < 1.29 is 18.3 Å². The molecule has 0 atom stereocenters. The van der Waals surface area contributed by atoms with E-state index in [1.165, 1.54) is 0 Å². The van der Waals surface area contributed by atoms with E-state index in [0.29, 0.717) is 0 Å². The molecule has 0 unspecified atom stereocenters. The van der Waals surface area contributed by atoms with Crippen LogP contribution in [-0.2, 0) is 9.53 Å². The van der Waals surface area contributed by atoms with Crippen LogP contribution in [0.3, 0.4) is 0 Å². The standard InChI is InChI=1S/C21H12ClF2NO2/c1-11-6-7-12(14-5-3-2-4-13(11)14)8-19-21(26)27-20(25-19)15-9-17(23)18(24)10-16(15)22/h2-10H,1H3/b19-8-. The highest BCUT2D eigenvalue weighted by Crippen LogP contribution is 2.28. The molecule has 1 aliphatic heterocycles. The van der Waals surface area contributed by atoms with Gasteiger partial charge in [-0.05, 0) is 47.0 Å². The number of nitrogens with zero attached hydrogens (tertiary/aromatic N) is 1.